The maximum atomic E-state index is 10.8. The Morgan fingerprint density at radius 2 is 2.12 bits per heavy atom. The van der Waals surface area contributed by atoms with Gasteiger partial charge in [0.1, 0.15) is 10.4 Å². The van der Waals surface area contributed by atoms with Gasteiger partial charge >= 0.3 is 0 Å². The molecule has 1 aromatic carbocycles. The summed E-state index contributed by atoms with van der Waals surface area (Å²) in [5.41, 5.74) is 7.21. The molecule has 0 aliphatic heterocycles. The lowest BCUT2D eigenvalue weighted by Crippen LogP contribution is -1.98. The molecule has 0 amide bonds. The first kappa shape index (κ1) is 12.0. The number of halogens is 1. The Morgan fingerprint density at radius 1 is 1.41 bits per heavy atom. The molecule has 0 aliphatic carbocycles. The Morgan fingerprint density at radius 3 is 2.82 bits per heavy atom. The van der Waals surface area contributed by atoms with Crippen molar-refractivity contribution in [1.82, 2.24) is 4.98 Å². The molecule has 0 N–H and O–H groups in total. The molecule has 1 aromatic heterocycles. The fourth-order valence-corrected chi connectivity index (χ4v) is 2.19. The minimum absolute atomic E-state index is 0.563. The minimum Gasteiger partial charge on any atom is -0.246 e. The Kier molecular flexibility index (Phi) is 3.43. The standard InChI is InChI=1S/C12H9BrN2OS/c1-8(15-17(2)16)11-6-4-9-3-5-10(13)7-12(9)14-11/h2-7H,1H3/b15-8+. The molecule has 0 spiro atoms. The molecule has 2 rings (SSSR count). The average Bonchev–Trinajstić information content (AvgIpc) is 2.27. The fourth-order valence-electron chi connectivity index (χ4n) is 1.47. The van der Waals surface area contributed by atoms with Gasteiger partial charge in [0.15, 0.2) is 0 Å². The average molecular weight is 309 g/mol. The van der Waals surface area contributed by atoms with Crippen molar-refractivity contribution in [2.75, 3.05) is 0 Å². The zero-order valence-electron chi connectivity index (χ0n) is 9.05. The SMILES string of the molecule is C#S(=O)/N=C(\C)c1ccc2ccc(Br)cc2n1. The zero-order valence-corrected chi connectivity index (χ0v) is 11.5. The third kappa shape index (κ3) is 2.82. The highest BCUT2D eigenvalue weighted by Gasteiger charge is 2.02. The van der Waals surface area contributed by atoms with Crippen LogP contribution in [0.2, 0.25) is 0 Å². The first-order valence-corrected chi connectivity index (χ1v) is 6.81. The topological polar surface area (TPSA) is 42.3 Å². The summed E-state index contributed by atoms with van der Waals surface area (Å²) in [6, 6.07) is 9.64. The molecule has 0 saturated carbocycles. The fraction of sp³-hybridized carbons (Fsp3) is 0.0833. The third-order valence-corrected chi connectivity index (χ3v) is 3.20. The summed E-state index contributed by atoms with van der Waals surface area (Å²) in [6.45, 7) is 1.73. The number of benzene rings is 1. The molecule has 5 heteroatoms. The number of rotatable bonds is 1. The summed E-state index contributed by atoms with van der Waals surface area (Å²) in [4.78, 5) is 4.44. The lowest BCUT2D eigenvalue weighted by Gasteiger charge is -2.01. The van der Waals surface area contributed by atoms with Gasteiger partial charge in [0, 0.05) is 9.86 Å². The molecule has 1 heterocycles. The molecule has 3 nitrogen and oxygen atoms in total. The van der Waals surface area contributed by atoms with Crippen LogP contribution in [0.25, 0.3) is 10.9 Å². The van der Waals surface area contributed by atoms with Crippen LogP contribution in [0, 0.1) is 5.69 Å². The Hall–Kier alpha value is -1.42. The lowest BCUT2D eigenvalue weighted by atomic mass is 10.2. The molecule has 86 valence electrons. The van der Waals surface area contributed by atoms with Crippen LogP contribution in [0.3, 0.4) is 0 Å². The largest absolute Gasteiger partial charge is 0.246 e. The summed E-state index contributed by atoms with van der Waals surface area (Å²) < 4.78 is 15.5. The van der Waals surface area contributed by atoms with Gasteiger partial charge in [-0.25, -0.2) is 4.98 Å². The molecule has 0 unspecified atom stereocenters. The summed E-state index contributed by atoms with van der Waals surface area (Å²) in [7, 11) is -1.70. The summed E-state index contributed by atoms with van der Waals surface area (Å²) in [5.74, 6) is 0. The Bertz CT molecular complexity index is 734. The zero-order chi connectivity index (χ0) is 12.4. The van der Waals surface area contributed by atoms with Crippen molar-refractivity contribution in [3.63, 3.8) is 0 Å². The van der Waals surface area contributed by atoms with Crippen molar-refractivity contribution in [3.8, 4) is 5.69 Å². The van der Waals surface area contributed by atoms with Gasteiger partial charge in [0.25, 0.3) is 0 Å². The number of aromatic nitrogens is 1. The molecule has 0 aliphatic rings. The van der Waals surface area contributed by atoms with E-state index < -0.39 is 10.4 Å². The molecule has 0 atom stereocenters. The number of nitrogens with zero attached hydrogens (tertiary/aromatic N) is 2. The Labute approximate surface area is 110 Å². The van der Waals surface area contributed by atoms with E-state index in [0.29, 0.717) is 11.4 Å². The highest BCUT2D eigenvalue weighted by Crippen LogP contribution is 2.18. The van der Waals surface area contributed by atoms with Crippen LogP contribution in [0.1, 0.15) is 12.6 Å². The van der Waals surface area contributed by atoms with Gasteiger partial charge in [-0.15, -0.1) is 0 Å². The smallest absolute Gasteiger partial charge is 0.140 e. The molecular formula is C12H9BrN2OS. The summed E-state index contributed by atoms with van der Waals surface area (Å²) in [6.07, 6.45) is 0. The molecule has 17 heavy (non-hydrogen) atoms. The van der Waals surface area contributed by atoms with E-state index in [1.54, 1.807) is 6.92 Å². The van der Waals surface area contributed by atoms with Gasteiger partial charge in [-0.05, 0) is 25.1 Å². The predicted molar refractivity (Wildman–Crippen MR) is 74.7 cm³/mol. The van der Waals surface area contributed by atoms with Crippen LogP contribution < -0.4 is 0 Å². The van der Waals surface area contributed by atoms with E-state index in [9.17, 15) is 4.21 Å². The van der Waals surface area contributed by atoms with Crippen molar-refractivity contribution in [2.45, 2.75) is 6.92 Å². The van der Waals surface area contributed by atoms with Crippen LogP contribution in [0.15, 0.2) is 39.2 Å². The van der Waals surface area contributed by atoms with Gasteiger partial charge in [-0.3, -0.25) is 0 Å². The van der Waals surface area contributed by atoms with E-state index in [-0.39, 0.29) is 0 Å². The molecule has 0 fully saturated rings. The minimum atomic E-state index is -1.70. The van der Waals surface area contributed by atoms with Gasteiger partial charge in [-0.2, -0.15) is 8.61 Å². The van der Waals surface area contributed by atoms with E-state index in [0.717, 1.165) is 15.4 Å². The molecule has 2 aromatic rings. The quantitative estimate of drug-likeness (QED) is 0.760. The summed E-state index contributed by atoms with van der Waals surface area (Å²) in [5, 5.41) is 1.04. The highest BCUT2D eigenvalue weighted by atomic mass is 79.9. The van der Waals surface area contributed by atoms with Gasteiger partial charge in [0.2, 0.25) is 0 Å². The molecule has 0 bridgehead atoms. The first-order valence-electron chi connectivity index (χ1n) is 4.84. The first-order chi connectivity index (χ1) is 8.06. The number of fused-ring (bicyclic) bond motifs is 1. The number of pyridine rings is 1. The molecule has 0 saturated heterocycles. The molecule has 0 radical (unpaired) electrons. The van der Waals surface area contributed by atoms with Crippen molar-refractivity contribution in [1.29, 1.82) is 0 Å². The second-order valence-corrected chi connectivity index (χ2v) is 5.14. The second-order valence-electron chi connectivity index (χ2n) is 3.49. The van der Waals surface area contributed by atoms with Crippen molar-refractivity contribution >= 4 is 42.9 Å². The van der Waals surface area contributed by atoms with Crippen LogP contribution in [0.4, 0.5) is 0 Å². The van der Waals surface area contributed by atoms with E-state index in [4.69, 9.17) is 5.69 Å². The third-order valence-electron chi connectivity index (χ3n) is 2.25. The van der Waals surface area contributed by atoms with Crippen LogP contribution >= 0.6 is 15.9 Å². The normalized spacial score (nSPS) is 11.7. The summed E-state index contributed by atoms with van der Waals surface area (Å²) >= 11 is 3.40. The maximum Gasteiger partial charge on any atom is 0.140 e. The van der Waals surface area contributed by atoms with Crippen molar-refractivity contribution in [2.24, 2.45) is 4.40 Å². The van der Waals surface area contributed by atoms with Crippen molar-refractivity contribution in [3.05, 3.63) is 40.5 Å². The van der Waals surface area contributed by atoms with E-state index in [2.05, 4.69) is 25.3 Å². The van der Waals surface area contributed by atoms with Gasteiger partial charge < -0.3 is 0 Å². The maximum absolute atomic E-state index is 10.8. The van der Waals surface area contributed by atoms with Crippen LogP contribution in [-0.4, -0.2) is 14.9 Å². The van der Waals surface area contributed by atoms with E-state index in [1.165, 1.54) is 0 Å². The number of hydrogen-bond acceptors (Lipinski definition) is 2. The van der Waals surface area contributed by atoms with E-state index >= 15 is 0 Å². The Balaban J connectivity index is 2.59. The van der Waals surface area contributed by atoms with Crippen LogP contribution in [-0.2, 0) is 10.4 Å². The monoisotopic (exact) mass is 308 g/mol. The van der Waals surface area contributed by atoms with E-state index in [1.807, 2.05) is 30.3 Å². The lowest BCUT2D eigenvalue weighted by molar-refractivity contribution is 0.693. The van der Waals surface area contributed by atoms with Gasteiger partial charge in [-0.1, -0.05) is 33.8 Å². The molecular weight excluding hydrogens is 300 g/mol. The van der Waals surface area contributed by atoms with Gasteiger partial charge in [0.05, 0.1) is 16.9 Å². The highest BCUT2D eigenvalue weighted by molar-refractivity contribution is 9.10. The second kappa shape index (κ2) is 4.84. The predicted octanol–water partition coefficient (Wildman–Crippen LogP) is 3.06. The van der Waals surface area contributed by atoms with Crippen LogP contribution in [0.5, 0.6) is 0 Å². The van der Waals surface area contributed by atoms with Crippen molar-refractivity contribution < 1.29 is 4.21 Å². The number of hydrogen-bond donors (Lipinski definition) is 0.